The van der Waals surface area contributed by atoms with Crippen LogP contribution in [0, 0.1) is 11.3 Å². The van der Waals surface area contributed by atoms with E-state index in [1.54, 1.807) is 0 Å². The van der Waals surface area contributed by atoms with Crippen LogP contribution in [0.3, 0.4) is 0 Å². The van der Waals surface area contributed by atoms with E-state index < -0.39 is 11.0 Å². The van der Waals surface area contributed by atoms with Crippen molar-refractivity contribution >= 4 is 38.3 Å². The van der Waals surface area contributed by atoms with Crippen LogP contribution in [0.4, 0.5) is 5.82 Å². The van der Waals surface area contributed by atoms with E-state index in [-0.39, 0.29) is 4.75 Å². The number of nitrogens with two attached hydrogens (primary N) is 1. The SMILES string of the molecule is CC(C)(C[C@H]1CCCC12CCN(c1ccc(Br)c3cncn13)CC2)S(N)=O. The molecule has 1 spiro atoms. The van der Waals surface area contributed by atoms with Crippen LogP contribution in [-0.2, 0) is 11.0 Å². The molecule has 2 aromatic rings. The van der Waals surface area contributed by atoms with E-state index in [0.717, 1.165) is 29.5 Å². The largest absolute Gasteiger partial charge is 0.358 e. The fourth-order valence-electron chi connectivity index (χ4n) is 5.27. The van der Waals surface area contributed by atoms with Gasteiger partial charge in [0.2, 0.25) is 0 Å². The lowest BCUT2D eigenvalue weighted by Gasteiger charge is -2.45. The molecule has 1 unspecified atom stereocenters. The summed E-state index contributed by atoms with van der Waals surface area (Å²) in [5.74, 6) is 1.86. The first-order valence-electron chi connectivity index (χ1n) is 9.84. The Hall–Kier alpha value is -0.920. The van der Waals surface area contributed by atoms with E-state index in [2.05, 4.69) is 56.2 Å². The van der Waals surface area contributed by atoms with E-state index in [1.807, 2.05) is 12.5 Å². The highest BCUT2D eigenvalue weighted by molar-refractivity contribution is 9.10. The van der Waals surface area contributed by atoms with Crippen LogP contribution in [-0.4, -0.2) is 31.4 Å². The second kappa shape index (κ2) is 7.16. The molecule has 7 heteroatoms. The van der Waals surface area contributed by atoms with E-state index >= 15 is 0 Å². The molecule has 148 valence electrons. The molecule has 0 aromatic carbocycles. The van der Waals surface area contributed by atoms with Crippen molar-refractivity contribution in [3.63, 3.8) is 0 Å². The molecule has 2 atom stereocenters. The van der Waals surface area contributed by atoms with Gasteiger partial charge in [-0.25, -0.2) is 9.19 Å². The number of pyridine rings is 1. The minimum absolute atomic E-state index is 0.298. The minimum Gasteiger partial charge on any atom is -0.358 e. The zero-order valence-corrected chi connectivity index (χ0v) is 18.6. The first-order valence-corrected chi connectivity index (χ1v) is 11.8. The number of halogens is 1. The molecule has 2 N–H and O–H groups in total. The monoisotopic (exact) mass is 452 g/mol. The summed E-state index contributed by atoms with van der Waals surface area (Å²) in [7, 11) is -1.27. The Morgan fingerprint density at radius 3 is 2.78 bits per heavy atom. The van der Waals surface area contributed by atoms with E-state index in [0.29, 0.717) is 11.3 Å². The van der Waals surface area contributed by atoms with Gasteiger partial charge in [-0.2, -0.15) is 0 Å². The molecule has 0 bridgehead atoms. The molecule has 2 aliphatic rings. The fourth-order valence-corrected chi connectivity index (χ4v) is 6.06. The van der Waals surface area contributed by atoms with Crippen LogP contribution in [0.1, 0.15) is 52.4 Å². The smallest absolute Gasteiger partial charge is 0.114 e. The predicted octanol–water partition coefficient (Wildman–Crippen LogP) is 4.27. The summed E-state index contributed by atoms with van der Waals surface area (Å²) < 4.78 is 14.9. The Labute approximate surface area is 172 Å². The van der Waals surface area contributed by atoms with Crippen LogP contribution >= 0.6 is 15.9 Å². The van der Waals surface area contributed by atoms with Crippen molar-refractivity contribution in [2.24, 2.45) is 16.5 Å². The molecule has 0 radical (unpaired) electrons. The van der Waals surface area contributed by atoms with Gasteiger partial charge in [-0.3, -0.25) is 9.54 Å². The predicted molar refractivity (Wildman–Crippen MR) is 115 cm³/mol. The lowest BCUT2D eigenvalue weighted by molar-refractivity contribution is 0.134. The summed E-state index contributed by atoms with van der Waals surface area (Å²) in [6.45, 7) is 6.25. The second-order valence-corrected chi connectivity index (χ2v) is 11.4. The third-order valence-corrected chi connectivity index (χ3v) is 8.89. The molecule has 2 aromatic heterocycles. The van der Waals surface area contributed by atoms with E-state index in [4.69, 9.17) is 5.14 Å². The van der Waals surface area contributed by atoms with Crippen molar-refractivity contribution in [1.29, 1.82) is 0 Å². The maximum absolute atomic E-state index is 12.0. The number of hydrogen-bond donors (Lipinski definition) is 1. The number of nitrogens with zero attached hydrogens (tertiary/aromatic N) is 3. The zero-order chi connectivity index (χ0) is 19.2. The molecule has 1 saturated heterocycles. The molecule has 5 nitrogen and oxygen atoms in total. The maximum Gasteiger partial charge on any atom is 0.114 e. The van der Waals surface area contributed by atoms with Crippen molar-refractivity contribution < 1.29 is 4.21 Å². The van der Waals surface area contributed by atoms with Crippen molar-refractivity contribution in [3.05, 3.63) is 29.1 Å². The molecule has 4 rings (SSSR count). The molecule has 1 aliphatic heterocycles. The summed E-state index contributed by atoms with van der Waals surface area (Å²) >= 11 is 3.62. The normalized spacial score (nSPS) is 24.0. The highest BCUT2D eigenvalue weighted by atomic mass is 79.9. The molecule has 27 heavy (non-hydrogen) atoms. The van der Waals surface area contributed by atoms with Crippen LogP contribution in [0.15, 0.2) is 29.1 Å². The van der Waals surface area contributed by atoms with Crippen LogP contribution < -0.4 is 10.0 Å². The summed E-state index contributed by atoms with van der Waals surface area (Å²) in [5.41, 5.74) is 1.51. The van der Waals surface area contributed by atoms with Crippen LogP contribution in [0.2, 0.25) is 0 Å². The van der Waals surface area contributed by atoms with Crippen molar-refractivity contribution in [1.82, 2.24) is 9.38 Å². The Balaban J connectivity index is 1.51. The second-order valence-electron chi connectivity index (χ2n) is 8.89. The van der Waals surface area contributed by atoms with Crippen molar-refractivity contribution in [3.8, 4) is 0 Å². The number of aromatic nitrogens is 2. The van der Waals surface area contributed by atoms with Gasteiger partial charge in [0.25, 0.3) is 0 Å². The van der Waals surface area contributed by atoms with Crippen LogP contribution in [0.25, 0.3) is 5.52 Å². The summed E-state index contributed by atoms with van der Waals surface area (Å²) in [5, 5.41) is 5.77. The van der Waals surface area contributed by atoms with Crippen molar-refractivity contribution in [2.75, 3.05) is 18.0 Å². The molecular formula is C20H29BrN4OS. The first-order chi connectivity index (χ1) is 12.8. The number of imidazole rings is 1. The molecule has 1 aliphatic carbocycles. The standard InChI is InChI=1S/C20H29BrN4OS/c1-19(2,27(22)26)12-15-4-3-7-20(15)8-10-24(11-9-20)18-6-5-16(21)17-13-23-14-25(17)18/h5-6,13-15H,3-4,7-12,22H2,1-2H3/t15-,27?/m1/s1. The average molecular weight is 453 g/mol. The quantitative estimate of drug-likeness (QED) is 0.752. The number of fused-ring (bicyclic) bond motifs is 1. The number of anilines is 1. The lowest BCUT2D eigenvalue weighted by Crippen LogP contribution is -2.45. The fraction of sp³-hybridized carbons (Fsp3) is 0.650. The highest BCUT2D eigenvalue weighted by Crippen LogP contribution is 2.53. The molecular weight excluding hydrogens is 424 g/mol. The number of rotatable bonds is 4. The summed E-state index contributed by atoms with van der Waals surface area (Å²) in [6, 6.07) is 4.30. The van der Waals surface area contributed by atoms with Gasteiger partial charge in [-0.05, 0) is 85.3 Å². The number of piperidine rings is 1. The molecule has 0 amide bonds. The molecule has 1 saturated carbocycles. The Kier molecular flexibility index (Phi) is 5.14. The summed E-state index contributed by atoms with van der Waals surface area (Å²) in [4.78, 5) is 6.82. The molecule has 2 fully saturated rings. The van der Waals surface area contributed by atoms with Gasteiger partial charge in [0.15, 0.2) is 0 Å². The molecule has 3 heterocycles. The summed E-state index contributed by atoms with van der Waals surface area (Å²) in [6.07, 6.45) is 11.0. The third-order valence-electron chi connectivity index (χ3n) is 6.97. The Bertz CT molecular complexity index is 857. The minimum atomic E-state index is -1.27. The Morgan fingerprint density at radius 2 is 2.07 bits per heavy atom. The Morgan fingerprint density at radius 1 is 1.33 bits per heavy atom. The highest BCUT2D eigenvalue weighted by Gasteiger charge is 2.47. The van der Waals surface area contributed by atoms with Gasteiger partial charge in [-0.15, -0.1) is 0 Å². The van der Waals surface area contributed by atoms with Crippen LogP contribution in [0.5, 0.6) is 0 Å². The number of hydrogen-bond acceptors (Lipinski definition) is 3. The van der Waals surface area contributed by atoms with E-state index in [9.17, 15) is 4.21 Å². The maximum atomic E-state index is 12.0. The third kappa shape index (κ3) is 3.47. The van der Waals surface area contributed by atoms with Gasteiger partial charge in [0.1, 0.15) is 12.1 Å². The topological polar surface area (TPSA) is 63.6 Å². The van der Waals surface area contributed by atoms with Crippen molar-refractivity contribution in [2.45, 2.75) is 57.1 Å². The van der Waals surface area contributed by atoms with Gasteiger partial charge < -0.3 is 4.90 Å². The van der Waals surface area contributed by atoms with Gasteiger partial charge in [-0.1, -0.05) is 6.42 Å². The lowest BCUT2D eigenvalue weighted by atomic mass is 9.68. The van der Waals surface area contributed by atoms with Gasteiger partial charge in [0, 0.05) is 17.6 Å². The zero-order valence-electron chi connectivity index (χ0n) is 16.2. The average Bonchev–Trinajstić information content (AvgIpc) is 3.25. The van der Waals surface area contributed by atoms with Gasteiger partial charge >= 0.3 is 0 Å². The van der Waals surface area contributed by atoms with E-state index in [1.165, 1.54) is 37.9 Å². The van der Waals surface area contributed by atoms with Gasteiger partial charge in [0.05, 0.1) is 27.4 Å². The first kappa shape index (κ1) is 19.4.